The first-order chi connectivity index (χ1) is 15.5. The van der Waals surface area contributed by atoms with Crippen LogP contribution >= 0.6 is 23.4 Å². The van der Waals surface area contributed by atoms with Gasteiger partial charge in [0.25, 0.3) is 5.56 Å². The lowest BCUT2D eigenvalue weighted by Gasteiger charge is -2.14. The highest BCUT2D eigenvalue weighted by Crippen LogP contribution is 2.25. The van der Waals surface area contributed by atoms with Gasteiger partial charge < -0.3 is 5.32 Å². The van der Waals surface area contributed by atoms with Gasteiger partial charge in [-0.2, -0.15) is 0 Å². The van der Waals surface area contributed by atoms with Crippen molar-refractivity contribution in [2.45, 2.75) is 18.5 Å². The SMILES string of the molecule is CCc1ccc(-n2c(SCC(=O)Nc3ccc(F)cc3Cl)nc3ccccc3c2=O)cc1. The average Bonchev–Trinajstić information content (AvgIpc) is 2.80. The number of amides is 1. The van der Waals surface area contributed by atoms with Crippen LogP contribution in [-0.2, 0) is 11.2 Å². The normalized spacial score (nSPS) is 11.0. The number of nitrogens with zero attached hydrogens (tertiary/aromatic N) is 2. The van der Waals surface area contributed by atoms with Crippen LogP contribution in [0.25, 0.3) is 16.6 Å². The summed E-state index contributed by atoms with van der Waals surface area (Å²) in [6.07, 6.45) is 0.888. The van der Waals surface area contributed by atoms with E-state index in [9.17, 15) is 14.0 Å². The zero-order valence-electron chi connectivity index (χ0n) is 17.1. The summed E-state index contributed by atoms with van der Waals surface area (Å²) >= 11 is 7.13. The summed E-state index contributed by atoms with van der Waals surface area (Å²) in [7, 11) is 0. The van der Waals surface area contributed by atoms with Crippen molar-refractivity contribution in [3.8, 4) is 5.69 Å². The Hall–Kier alpha value is -3.16. The number of carbonyl (C=O) groups excluding carboxylic acids is 1. The Kier molecular flexibility index (Phi) is 6.58. The van der Waals surface area contributed by atoms with Crippen molar-refractivity contribution in [1.82, 2.24) is 9.55 Å². The molecule has 0 unspecified atom stereocenters. The number of thioether (sulfide) groups is 1. The van der Waals surface area contributed by atoms with E-state index >= 15 is 0 Å². The molecule has 4 aromatic rings. The van der Waals surface area contributed by atoms with Gasteiger partial charge >= 0.3 is 0 Å². The number of benzene rings is 3. The molecule has 1 heterocycles. The minimum Gasteiger partial charge on any atom is -0.324 e. The van der Waals surface area contributed by atoms with Gasteiger partial charge in [0.2, 0.25) is 5.91 Å². The molecule has 32 heavy (non-hydrogen) atoms. The second-order valence-electron chi connectivity index (χ2n) is 7.03. The van der Waals surface area contributed by atoms with Crippen molar-refractivity contribution in [3.63, 3.8) is 0 Å². The number of rotatable bonds is 6. The van der Waals surface area contributed by atoms with E-state index < -0.39 is 5.82 Å². The van der Waals surface area contributed by atoms with E-state index in [-0.39, 0.29) is 22.2 Å². The van der Waals surface area contributed by atoms with Gasteiger partial charge in [-0.1, -0.05) is 54.6 Å². The number of halogens is 2. The first-order valence-corrected chi connectivity index (χ1v) is 11.3. The quantitative estimate of drug-likeness (QED) is 0.301. The lowest BCUT2D eigenvalue weighted by molar-refractivity contribution is -0.113. The molecular weight excluding hydrogens is 449 g/mol. The van der Waals surface area contributed by atoms with Crippen LogP contribution in [0.2, 0.25) is 5.02 Å². The van der Waals surface area contributed by atoms with E-state index in [1.54, 1.807) is 18.2 Å². The van der Waals surface area contributed by atoms with Crippen LogP contribution in [-0.4, -0.2) is 21.2 Å². The summed E-state index contributed by atoms with van der Waals surface area (Å²) in [4.78, 5) is 30.4. The molecule has 1 N–H and O–H groups in total. The number of carbonyl (C=O) groups is 1. The van der Waals surface area contributed by atoms with Crippen LogP contribution in [0.15, 0.2) is 76.7 Å². The molecule has 4 rings (SSSR count). The van der Waals surface area contributed by atoms with E-state index in [2.05, 4.69) is 17.2 Å². The number of para-hydroxylation sites is 1. The average molecular weight is 468 g/mol. The molecule has 0 aliphatic heterocycles. The van der Waals surface area contributed by atoms with Gasteiger partial charge in [0, 0.05) is 0 Å². The molecular formula is C24H19ClFN3O2S. The van der Waals surface area contributed by atoms with Crippen LogP contribution in [0, 0.1) is 5.82 Å². The summed E-state index contributed by atoms with van der Waals surface area (Å²) in [6.45, 7) is 2.06. The fraction of sp³-hybridized carbons (Fsp3) is 0.125. The first-order valence-electron chi connectivity index (χ1n) is 9.95. The molecule has 162 valence electrons. The van der Waals surface area contributed by atoms with Gasteiger partial charge in [0.1, 0.15) is 5.82 Å². The van der Waals surface area contributed by atoms with Crippen molar-refractivity contribution < 1.29 is 9.18 Å². The molecule has 0 aliphatic carbocycles. The van der Waals surface area contributed by atoms with Crippen LogP contribution in [0.1, 0.15) is 12.5 Å². The summed E-state index contributed by atoms with van der Waals surface area (Å²) in [5.74, 6) is -0.842. The second kappa shape index (κ2) is 9.54. The lowest BCUT2D eigenvalue weighted by atomic mass is 10.1. The van der Waals surface area contributed by atoms with Crippen molar-refractivity contribution in [3.05, 3.63) is 93.5 Å². The molecule has 1 aromatic heterocycles. The van der Waals surface area contributed by atoms with Gasteiger partial charge in [0.05, 0.1) is 33.1 Å². The Balaban J connectivity index is 1.66. The van der Waals surface area contributed by atoms with Crippen LogP contribution in [0.5, 0.6) is 0 Å². The van der Waals surface area contributed by atoms with Gasteiger partial charge in [-0.3, -0.25) is 14.2 Å². The van der Waals surface area contributed by atoms with E-state index in [4.69, 9.17) is 11.6 Å². The van der Waals surface area contributed by atoms with Gasteiger partial charge in [-0.25, -0.2) is 9.37 Å². The van der Waals surface area contributed by atoms with E-state index in [0.717, 1.165) is 29.8 Å². The Morgan fingerprint density at radius 2 is 1.88 bits per heavy atom. The van der Waals surface area contributed by atoms with E-state index in [0.29, 0.717) is 27.4 Å². The number of anilines is 1. The monoisotopic (exact) mass is 467 g/mol. The predicted molar refractivity (Wildman–Crippen MR) is 127 cm³/mol. The fourth-order valence-electron chi connectivity index (χ4n) is 3.22. The number of aryl methyl sites for hydroxylation is 1. The number of nitrogens with one attached hydrogen (secondary N) is 1. The molecule has 8 heteroatoms. The van der Waals surface area contributed by atoms with Crippen molar-refractivity contribution in [2.24, 2.45) is 0 Å². The Morgan fingerprint density at radius 3 is 2.59 bits per heavy atom. The zero-order chi connectivity index (χ0) is 22.7. The molecule has 0 bridgehead atoms. The smallest absolute Gasteiger partial charge is 0.266 e. The molecule has 0 radical (unpaired) electrons. The van der Waals surface area contributed by atoms with E-state index in [1.165, 1.54) is 16.7 Å². The highest BCUT2D eigenvalue weighted by Gasteiger charge is 2.15. The Labute approximate surface area is 193 Å². The molecule has 0 fully saturated rings. The summed E-state index contributed by atoms with van der Waals surface area (Å²) in [5.41, 5.74) is 2.50. The topological polar surface area (TPSA) is 64.0 Å². The molecule has 0 spiro atoms. The zero-order valence-corrected chi connectivity index (χ0v) is 18.7. The Morgan fingerprint density at radius 1 is 1.12 bits per heavy atom. The van der Waals surface area contributed by atoms with Gasteiger partial charge in [-0.15, -0.1) is 0 Å². The maximum atomic E-state index is 13.3. The van der Waals surface area contributed by atoms with Gasteiger partial charge in [-0.05, 0) is 54.4 Å². The van der Waals surface area contributed by atoms with Gasteiger partial charge in [0.15, 0.2) is 5.16 Å². The molecule has 5 nitrogen and oxygen atoms in total. The highest BCUT2D eigenvalue weighted by atomic mass is 35.5. The Bertz CT molecular complexity index is 1360. The highest BCUT2D eigenvalue weighted by molar-refractivity contribution is 7.99. The second-order valence-corrected chi connectivity index (χ2v) is 8.38. The number of fused-ring (bicyclic) bond motifs is 1. The molecule has 1 amide bonds. The fourth-order valence-corrected chi connectivity index (χ4v) is 4.25. The standard InChI is InChI=1S/C24H19ClFN3O2S/c1-2-15-7-10-17(11-8-15)29-23(31)18-5-3-4-6-20(18)28-24(29)32-14-22(30)27-21-12-9-16(26)13-19(21)25/h3-13H,2,14H2,1H3,(H,27,30). The molecule has 0 saturated heterocycles. The minimum absolute atomic E-state index is 0.00840. The van der Waals surface area contributed by atoms with E-state index in [1.807, 2.05) is 30.3 Å². The van der Waals surface area contributed by atoms with Crippen molar-refractivity contribution in [1.29, 1.82) is 0 Å². The largest absolute Gasteiger partial charge is 0.324 e. The van der Waals surface area contributed by atoms with Crippen molar-refractivity contribution >= 4 is 45.9 Å². The maximum Gasteiger partial charge on any atom is 0.266 e. The summed E-state index contributed by atoms with van der Waals surface area (Å²) in [5, 5.41) is 3.67. The number of aromatic nitrogens is 2. The molecule has 3 aromatic carbocycles. The first kappa shape index (κ1) is 22.0. The van der Waals surface area contributed by atoms with Crippen molar-refractivity contribution in [2.75, 3.05) is 11.1 Å². The maximum absolute atomic E-state index is 13.3. The third kappa shape index (κ3) is 4.69. The van der Waals surface area contributed by atoms with Crippen LogP contribution in [0.3, 0.4) is 0 Å². The molecule has 0 atom stereocenters. The molecule has 0 saturated carbocycles. The van der Waals surface area contributed by atoms with Crippen LogP contribution in [0.4, 0.5) is 10.1 Å². The summed E-state index contributed by atoms with van der Waals surface area (Å²) < 4.78 is 14.7. The third-order valence-corrected chi connectivity index (χ3v) is 6.14. The number of hydrogen-bond donors (Lipinski definition) is 1. The molecule has 0 aliphatic rings. The predicted octanol–water partition coefficient (Wildman–Crippen LogP) is 5.47. The number of hydrogen-bond acceptors (Lipinski definition) is 4. The summed E-state index contributed by atoms with van der Waals surface area (Å²) in [6, 6.07) is 18.5. The third-order valence-electron chi connectivity index (χ3n) is 4.89. The minimum atomic E-state index is -0.485. The van der Waals surface area contributed by atoms with Crippen LogP contribution < -0.4 is 10.9 Å². The lowest BCUT2D eigenvalue weighted by Crippen LogP contribution is -2.23.